The summed E-state index contributed by atoms with van der Waals surface area (Å²) in [5.74, 6) is -0.375. The largest absolute Gasteiger partial charge is 0.352 e. The van der Waals surface area contributed by atoms with Gasteiger partial charge in [0.25, 0.3) is 5.91 Å². The summed E-state index contributed by atoms with van der Waals surface area (Å²) in [6.45, 7) is 1.14. The molecule has 4 amide bonds. The quantitative estimate of drug-likeness (QED) is 0.684. The van der Waals surface area contributed by atoms with Gasteiger partial charge in [-0.1, -0.05) is 37.1 Å². The van der Waals surface area contributed by atoms with Crippen LogP contribution in [-0.4, -0.2) is 49.6 Å². The zero-order chi connectivity index (χ0) is 20.3. The monoisotopic (exact) mass is 396 g/mol. The van der Waals surface area contributed by atoms with Gasteiger partial charge < -0.3 is 10.6 Å². The Labute approximate surface area is 168 Å². The molecule has 0 atom stereocenters. The molecule has 1 aromatic heterocycles. The van der Waals surface area contributed by atoms with Gasteiger partial charge >= 0.3 is 6.03 Å². The van der Waals surface area contributed by atoms with Crippen molar-refractivity contribution in [3.05, 3.63) is 48.0 Å². The SMILES string of the molecule is O=C(CCN1C(=O)NC2(CCCC2)C1=O)NCc1ccc(Cn2cncn2)cc1. The van der Waals surface area contributed by atoms with E-state index < -0.39 is 5.54 Å². The van der Waals surface area contributed by atoms with E-state index in [2.05, 4.69) is 20.7 Å². The van der Waals surface area contributed by atoms with Crippen LogP contribution in [0.3, 0.4) is 0 Å². The molecule has 2 aromatic rings. The summed E-state index contributed by atoms with van der Waals surface area (Å²) in [6, 6.07) is 7.49. The van der Waals surface area contributed by atoms with Crippen molar-refractivity contribution in [1.29, 1.82) is 0 Å². The maximum absolute atomic E-state index is 12.6. The fourth-order valence-corrected chi connectivity index (χ4v) is 3.96. The fraction of sp³-hybridized carbons (Fsp3) is 0.450. The molecule has 29 heavy (non-hydrogen) atoms. The molecule has 0 unspecified atom stereocenters. The molecule has 2 fully saturated rings. The predicted octanol–water partition coefficient (Wildman–Crippen LogP) is 1.20. The fourth-order valence-electron chi connectivity index (χ4n) is 3.96. The van der Waals surface area contributed by atoms with Crippen LogP contribution in [0.4, 0.5) is 4.79 Å². The van der Waals surface area contributed by atoms with E-state index in [0.29, 0.717) is 25.9 Å². The van der Waals surface area contributed by atoms with Crippen molar-refractivity contribution < 1.29 is 14.4 Å². The number of benzene rings is 1. The van der Waals surface area contributed by atoms with E-state index in [1.54, 1.807) is 11.0 Å². The number of rotatable bonds is 7. The van der Waals surface area contributed by atoms with Crippen molar-refractivity contribution >= 4 is 17.8 Å². The number of nitrogens with zero attached hydrogens (tertiary/aromatic N) is 4. The summed E-state index contributed by atoms with van der Waals surface area (Å²) in [4.78, 5) is 42.0. The lowest BCUT2D eigenvalue weighted by atomic mass is 9.98. The highest BCUT2D eigenvalue weighted by Gasteiger charge is 2.52. The normalized spacial score (nSPS) is 17.7. The molecule has 1 aromatic carbocycles. The number of nitrogens with one attached hydrogen (secondary N) is 2. The van der Waals surface area contributed by atoms with E-state index in [4.69, 9.17) is 0 Å². The molecule has 0 radical (unpaired) electrons. The molecule has 2 heterocycles. The summed E-state index contributed by atoms with van der Waals surface area (Å²) < 4.78 is 1.74. The number of hydrogen-bond acceptors (Lipinski definition) is 5. The first-order chi connectivity index (χ1) is 14.1. The minimum atomic E-state index is -0.721. The number of amides is 4. The van der Waals surface area contributed by atoms with Gasteiger partial charge in [0, 0.05) is 19.5 Å². The van der Waals surface area contributed by atoms with Crippen LogP contribution in [0.5, 0.6) is 0 Å². The first kappa shape index (κ1) is 19.1. The first-order valence-corrected chi connectivity index (χ1v) is 9.87. The summed E-state index contributed by atoms with van der Waals surface area (Å²) in [5, 5.41) is 9.74. The zero-order valence-electron chi connectivity index (χ0n) is 16.1. The second kappa shape index (κ2) is 8.02. The van der Waals surface area contributed by atoms with Gasteiger partial charge in [-0.15, -0.1) is 0 Å². The average molecular weight is 396 g/mol. The third kappa shape index (κ3) is 4.13. The molecule has 4 rings (SSSR count). The highest BCUT2D eigenvalue weighted by atomic mass is 16.2. The predicted molar refractivity (Wildman–Crippen MR) is 103 cm³/mol. The lowest BCUT2D eigenvalue weighted by Crippen LogP contribution is -2.44. The van der Waals surface area contributed by atoms with Crippen LogP contribution in [0.1, 0.15) is 43.2 Å². The third-order valence-corrected chi connectivity index (χ3v) is 5.59. The van der Waals surface area contributed by atoms with Crippen LogP contribution in [0.2, 0.25) is 0 Å². The molecule has 1 saturated carbocycles. The molecule has 9 heteroatoms. The molecule has 9 nitrogen and oxygen atoms in total. The second-order valence-corrected chi connectivity index (χ2v) is 7.61. The van der Waals surface area contributed by atoms with E-state index in [1.165, 1.54) is 11.2 Å². The summed E-state index contributed by atoms with van der Waals surface area (Å²) in [6.07, 6.45) is 6.51. The van der Waals surface area contributed by atoms with Crippen molar-refractivity contribution in [1.82, 2.24) is 30.3 Å². The van der Waals surface area contributed by atoms with Crippen molar-refractivity contribution in [3.63, 3.8) is 0 Å². The van der Waals surface area contributed by atoms with Crippen molar-refractivity contribution in [2.45, 2.75) is 50.7 Å². The van der Waals surface area contributed by atoms with Gasteiger partial charge in [0.1, 0.15) is 18.2 Å². The van der Waals surface area contributed by atoms with Crippen LogP contribution in [-0.2, 0) is 22.7 Å². The summed E-state index contributed by atoms with van der Waals surface area (Å²) in [7, 11) is 0. The number of carbonyl (C=O) groups excluding carboxylic acids is 3. The maximum Gasteiger partial charge on any atom is 0.325 e. The van der Waals surface area contributed by atoms with Gasteiger partial charge in [0.2, 0.25) is 5.91 Å². The zero-order valence-corrected chi connectivity index (χ0v) is 16.1. The smallest absolute Gasteiger partial charge is 0.325 e. The first-order valence-electron chi connectivity index (χ1n) is 9.87. The molecule has 2 N–H and O–H groups in total. The van der Waals surface area contributed by atoms with Gasteiger partial charge in [-0.2, -0.15) is 5.10 Å². The lowest BCUT2D eigenvalue weighted by molar-refractivity contribution is -0.131. The van der Waals surface area contributed by atoms with Crippen LogP contribution >= 0.6 is 0 Å². The van der Waals surface area contributed by atoms with E-state index in [0.717, 1.165) is 24.0 Å². The van der Waals surface area contributed by atoms with E-state index in [-0.39, 0.29) is 30.8 Å². The highest BCUT2D eigenvalue weighted by molar-refractivity contribution is 6.07. The highest BCUT2D eigenvalue weighted by Crippen LogP contribution is 2.34. The Morgan fingerprint density at radius 1 is 1.14 bits per heavy atom. The molecular formula is C20H24N6O3. The van der Waals surface area contributed by atoms with Crippen molar-refractivity contribution in [3.8, 4) is 0 Å². The van der Waals surface area contributed by atoms with Crippen LogP contribution in [0, 0.1) is 0 Å². The van der Waals surface area contributed by atoms with Crippen molar-refractivity contribution in [2.75, 3.05) is 6.54 Å². The molecule has 2 aliphatic rings. The Kier molecular flexibility index (Phi) is 5.28. The Morgan fingerprint density at radius 3 is 2.55 bits per heavy atom. The van der Waals surface area contributed by atoms with E-state index in [1.807, 2.05) is 24.3 Å². The topological polar surface area (TPSA) is 109 Å². The average Bonchev–Trinajstić information content (AvgIpc) is 3.44. The Morgan fingerprint density at radius 2 is 1.86 bits per heavy atom. The molecule has 0 bridgehead atoms. The van der Waals surface area contributed by atoms with E-state index in [9.17, 15) is 14.4 Å². The molecule has 1 spiro atoms. The minimum Gasteiger partial charge on any atom is -0.352 e. The molecule has 1 saturated heterocycles. The Hall–Kier alpha value is -3.23. The van der Waals surface area contributed by atoms with Gasteiger partial charge in [0.05, 0.1) is 6.54 Å². The molecular weight excluding hydrogens is 372 g/mol. The Balaban J connectivity index is 1.23. The molecule has 1 aliphatic carbocycles. The number of hydrogen-bond donors (Lipinski definition) is 2. The second-order valence-electron chi connectivity index (χ2n) is 7.61. The van der Waals surface area contributed by atoms with Crippen LogP contribution in [0.15, 0.2) is 36.9 Å². The van der Waals surface area contributed by atoms with Gasteiger partial charge in [-0.25, -0.2) is 14.5 Å². The maximum atomic E-state index is 12.6. The standard InChI is InChI=1S/C20H24N6O3/c27-17(7-10-26-18(28)20(24-19(26)29)8-1-2-9-20)22-11-15-3-5-16(6-4-15)12-25-14-21-13-23-25/h3-6,13-14H,1-2,7-12H2,(H,22,27)(H,24,29). The van der Waals surface area contributed by atoms with Gasteiger partial charge in [-0.3, -0.25) is 14.5 Å². The summed E-state index contributed by atoms with van der Waals surface area (Å²) >= 11 is 0. The lowest BCUT2D eigenvalue weighted by Gasteiger charge is -2.19. The number of imide groups is 1. The summed E-state index contributed by atoms with van der Waals surface area (Å²) in [5.41, 5.74) is 1.34. The van der Waals surface area contributed by atoms with Crippen molar-refractivity contribution in [2.24, 2.45) is 0 Å². The van der Waals surface area contributed by atoms with Crippen LogP contribution in [0.25, 0.3) is 0 Å². The third-order valence-electron chi connectivity index (χ3n) is 5.59. The Bertz CT molecular complexity index is 887. The molecule has 152 valence electrons. The number of urea groups is 1. The van der Waals surface area contributed by atoms with Gasteiger partial charge in [0.15, 0.2) is 0 Å². The van der Waals surface area contributed by atoms with E-state index >= 15 is 0 Å². The minimum absolute atomic E-state index is 0.0968. The molecule has 1 aliphatic heterocycles. The van der Waals surface area contributed by atoms with Crippen LogP contribution < -0.4 is 10.6 Å². The number of aromatic nitrogens is 3. The van der Waals surface area contributed by atoms with Gasteiger partial charge in [-0.05, 0) is 24.0 Å². The number of carbonyl (C=O) groups is 3.